The van der Waals surface area contributed by atoms with Gasteiger partial charge in [0.2, 0.25) is 11.7 Å². The number of carbonyl (C=O) groups is 1. The van der Waals surface area contributed by atoms with E-state index in [1.807, 2.05) is 27.5 Å². The van der Waals surface area contributed by atoms with Crippen LogP contribution in [-0.2, 0) is 24.1 Å². The summed E-state index contributed by atoms with van der Waals surface area (Å²) < 4.78 is 1.92. The van der Waals surface area contributed by atoms with Crippen LogP contribution in [0.25, 0.3) is 5.78 Å². The van der Waals surface area contributed by atoms with Crippen LogP contribution in [0.5, 0.6) is 0 Å². The zero-order valence-corrected chi connectivity index (χ0v) is 15.6. The van der Waals surface area contributed by atoms with Crippen molar-refractivity contribution in [2.24, 2.45) is 0 Å². The summed E-state index contributed by atoms with van der Waals surface area (Å²) in [6.07, 6.45) is 4.60. The maximum Gasteiger partial charge on any atom is 0.255 e. The zero-order valence-electron chi connectivity index (χ0n) is 14.8. The number of nitrogens with one attached hydrogen (secondary N) is 1. The average Bonchev–Trinajstić information content (AvgIpc) is 3.30. The van der Waals surface area contributed by atoms with Crippen molar-refractivity contribution in [3.63, 3.8) is 0 Å². The zero-order chi connectivity index (χ0) is 18.4. The third-order valence-electron chi connectivity index (χ3n) is 5.35. The molecule has 0 saturated heterocycles. The molecule has 1 aliphatic heterocycles. The maximum absolute atomic E-state index is 12.8. The van der Waals surface area contributed by atoms with Crippen molar-refractivity contribution >= 4 is 29.1 Å². The van der Waals surface area contributed by atoms with E-state index in [2.05, 4.69) is 21.2 Å². The van der Waals surface area contributed by atoms with Gasteiger partial charge in [-0.05, 0) is 43.7 Å². The van der Waals surface area contributed by atoms with Gasteiger partial charge in [-0.1, -0.05) is 30.0 Å². The molecule has 2 aromatic heterocycles. The summed E-state index contributed by atoms with van der Waals surface area (Å²) in [5.41, 5.74) is 3.99. The maximum atomic E-state index is 12.8. The third kappa shape index (κ3) is 2.75. The predicted octanol–water partition coefficient (Wildman–Crippen LogP) is 1.98. The lowest BCUT2D eigenvalue weighted by molar-refractivity contribution is -0.116. The Balaban J connectivity index is 1.41. The van der Waals surface area contributed by atoms with E-state index in [1.54, 1.807) is 0 Å². The number of para-hydroxylation sites is 1. The first-order valence-electron chi connectivity index (χ1n) is 9.22. The minimum Gasteiger partial charge on any atom is -0.311 e. The van der Waals surface area contributed by atoms with Crippen LogP contribution in [0, 0.1) is 0 Å². The molecule has 0 radical (unpaired) electrons. The molecule has 1 aromatic carbocycles. The largest absolute Gasteiger partial charge is 0.311 e. The normalized spacial score (nSPS) is 15.8. The van der Waals surface area contributed by atoms with Crippen molar-refractivity contribution in [1.29, 1.82) is 0 Å². The SMILES string of the molecule is O=C(CSc1nnc2[nH]c(=O)c3c(n12)CCCC3)N1CCc2ccccc21. The molecular weight excluding hydrogens is 362 g/mol. The molecule has 7 nitrogen and oxygen atoms in total. The third-order valence-corrected chi connectivity index (χ3v) is 6.27. The van der Waals surface area contributed by atoms with E-state index in [0.29, 0.717) is 16.7 Å². The lowest BCUT2D eigenvalue weighted by atomic mass is 9.97. The Labute approximate surface area is 159 Å². The number of hydrogen-bond donors (Lipinski definition) is 1. The van der Waals surface area contributed by atoms with Crippen LogP contribution in [-0.4, -0.2) is 37.8 Å². The first-order chi connectivity index (χ1) is 13.2. The number of nitrogens with zero attached hydrogens (tertiary/aromatic N) is 4. The fourth-order valence-corrected chi connectivity index (χ4v) is 4.88. The molecule has 0 spiro atoms. The molecule has 3 heterocycles. The van der Waals surface area contributed by atoms with Gasteiger partial charge in [0.05, 0.1) is 5.75 Å². The van der Waals surface area contributed by atoms with Gasteiger partial charge in [0.1, 0.15) is 0 Å². The topological polar surface area (TPSA) is 83.4 Å². The standard InChI is InChI=1S/C19H19N5O2S/c25-16(23-10-9-12-5-1-3-7-14(12)23)11-27-19-22-21-18-20-17(26)13-6-2-4-8-15(13)24(18)19/h1,3,5,7H,2,4,6,8-11H2,(H,20,21,26). The summed E-state index contributed by atoms with van der Waals surface area (Å²) >= 11 is 1.38. The number of aryl methyl sites for hydroxylation is 1. The van der Waals surface area contributed by atoms with Crippen molar-refractivity contribution in [3.05, 3.63) is 51.4 Å². The van der Waals surface area contributed by atoms with Crippen LogP contribution in [0.15, 0.2) is 34.2 Å². The highest BCUT2D eigenvalue weighted by atomic mass is 32.2. The van der Waals surface area contributed by atoms with E-state index in [-0.39, 0.29) is 11.5 Å². The summed E-state index contributed by atoms with van der Waals surface area (Å²) in [6, 6.07) is 8.04. The highest BCUT2D eigenvalue weighted by Gasteiger charge is 2.25. The number of fused-ring (bicyclic) bond motifs is 4. The Morgan fingerprint density at radius 1 is 1.15 bits per heavy atom. The number of aromatic nitrogens is 4. The van der Waals surface area contributed by atoms with Crippen molar-refractivity contribution < 1.29 is 4.79 Å². The van der Waals surface area contributed by atoms with Crippen LogP contribution in [0.4, 0.5) is 5.69 Å². The quantitative estimate of drug-likeness (QED) is 0.702. The van der Waals surface area contributed by atoms with Crippen LogP contribution in [0.1, 0.15) is 29.7 Å². The van der Waals surface area contributed by atoms with Crippen molar-refractivity contribution in [2.75, 3.05) is 17.2 Å². The molecule has 1 amide bonds. The van der Waals surface area contributed by atoms with Crippen molar-refractivity contribution in [2.45, 2.75) is 37.3 Å². The minimum absolute atomic E-state index is 0.0640. The lowest BCUT2D eigenvalue weighted by Crippen LogP contribution is -2.30. The number of hydrogen-bond acceptors (Lipinski definition) is 5. The minimum atomic E-state index is -0.0640. The van der Waals surface area contributed by atoms with Gasteiger partial charge in [-0.3, -0.25) is 19.0 Å². The van der Waals surface area contributed by atoms with Crippen LogP contribution >= 0.6 is 11.8 Å². The molecule has 27 heavy (non-hydrogen) atoms. The molecule has 0 fully saturated rings. The van der Waals surface area contributed by atoms with Gasteiger partial charge in [-0.25, -0.2) is 0 Å². The monoisotopic (exact) mass is 381 g/mol. The van der Waals surface area contributed by atoms with Gasteiger partial charge in [0.15, 0.2) is 5.16 Å². The van der Waals surface area contributed by atoms with E-state index in [1.165, 1.54) is 17.3 Å². The summed E-state index contributed by atoms with van der Waals surface area (Å²) in [6.45, 7) is 0.724. The summed E-state index contributed by atoms with van der Waals surface area (Å²) in [4.78, 5) is 29.7. The van der Waals surface area contributed by atoms with Crippen LogP contribution < -0.4 is 10.5 Å². The molecule has 5 rings (SSSR count). The Morgan fingerprint density at radius 3 is 2.93 bits per heavy atom. The number of rotatable bonds is 3. The van der Waals surface area contributed by atoms with Crippen molar-refractivity contribution in [1.82, 2.24) is 19.6 Å². The van der Waals surface area contributed by atoms with Crippen LogP contribution in [0.3, 0.4) is 0 Å². The van der Waals surface area contributed by atoms with Crippen LogP contribution in [0.2, 0.25) is 0 Å². The molecule has 2 aliphatic rings. The molecule has 1 N–H and O–H groups in total. The Bertz CT molecular complexity index is 1100. The highest BCUT2D eigenvalue weighted by molar-refractivity contribution is 7.99. The van der Waals surface area contributed by atoms with Gasteiger partial charge in [0, 0.05) is 23.5 Å². The van der Waals surface area contributed by atoms with E-state index in [4.69, 9.17) is 0 Å². The van der Waals surface area contributed by atoms with E-state index in [0.717, 1.165) is 55.6 Å². The molecular formula is C19H19N5O2S. The number of carbonyl (C=O) groups excluding carboxylic acids is 1. The van der Waals surface area contributed by atoms with E-state index in [9.17, 15) is 9.59 Å². The molecule has 3 aromatic rings. The molecule has 8 heteroatoms. The number of thioether (sulfide) groups is 1. The number of aromatic amines is 1. The smallest absolute Gasteiger partial charge is 0.255 e. The number of H-pyrrole nitrogens is 1. The second-order valence-electron chi connectivity index (χ2n) is 6.94. The van der Waals surface area contributed by atoms with Gasteiger partial charge >= 0.3 is 0 Å². The number of amides is 1. The lowest BCUT2D eigenvalue weighted by Gasteiger charge is -2.18. The number of anilines is 1. The van der Waals surface area contributed by atoms with Gasteiger partial charge in [-0.15, -0.1) is 10.2 Å². The molecule has 0 atom stereocenters. The number of benzene rings is 1. The van der Waals surface area contributed by atoms with E-state index >= 15 is 0 Å². The Hall–Kier alpha value is -2.61. The Kier molecular flexibility index (Phi) is 4.00. The fourth-order valence-electron chi connectivity index (χ4n) is 4.05. The second-order valence-corrected chi connectivity index (χ2v) is 7.88. The fraction of sp³-hybridized carbons (Fsp3) is 0.368. The van der Waals surface area contributed by atoms with Gasteiger partial charge in [-0.2, -0.15) is 0 Å². The molecule has 0 unspecified atom stereocenters. The molecule has 0 bridgehead atoms. The van der Waals surface area contributed by atoms with Gasteiger partial charge in [0.25, 0.3) is 5.56 Å². The Morgan fingerprint density at radius 2 is 2.00 bits per heavy atom. The predicted molar refractivity (Wildman–Crippen MR) is 103 cm³/mol. The summed E-state index contributed by atoms with van der Waals surface area (Å²) in [7, 11) is 0. The second kappa shape index (κ2) is 6.53. The van der Waals surface area contributed by atoms with Crippen molar-refractivity contribution in [3.8, 4) is 0 Å². The molecule has 1 aliphatic carbocycles. The average molecular weight is 381 g/mol. The first-order valence-corrected chi connectivity index (χ1v) is 10.2. The van der Waals surface area contributed by atoms with Gasteiger partial charge < -0.3 is 4.90 Å². The molecule has 0 saturated carbocycles. The molecule has 138 valence electrons. The first kappa shape index (κ1) is 16.6. The summed E-state index contributed by atoms with van der Waals surface area (Å²) in [5.74, 6) is 0.824. The highest BCUT2D eigenvalue weighted by Crippen LogP contribution is 2.29. The summed E-state index contributed by atoms with van der Waals surface area (Å²) in [5, 5.41) is 9.00. The van der Waals surface area contributed by atoms with E-state index < -0.39 is 0 Å².